The van der Waals surface area contributed by atoms with Crippen LogP contribution in [0.3, 0.4) is 0 Å². The first-order valence-electron chi connectivity index (χ1n) is 7.93. The fourth-order valence-corrected chi connectivity index (χ4v) is 3.01. The molecule has 0 amide bonds. The highest BCUT2D eigenvalue weighted by Gasteiger charge is 2.17. The van der Waals surface area contributed by atoms with Gasteiger partial charge < -0.3 is 5.11 Å². The molecule has 2 aromatic rings. The average molecular weight is 308 g/mol. The molecule has 0 saturated carbocycles. The minimum absolute atomic E-state index is 0.178. The predicted octanol–water partition coefficient (Wildman–Crippen LogP) is 5.65. The zero-order valence-electron chi connectivity index (χ0n) is 13.7. The van der Waals surface area contributed by atoms with E-state index in [-0.39, 0.29) is 5.82 Å². The van der Waals surface area contributed by atoms with Gasteiger partial charge in [-0.25, -0.2) is 4.39 Å². The Bertz CT molecular complexity index is 815. The molecule has 0 aromatic heterocycles. The van der Waals surface area contributed by atoms with Crippen molar-refractivity contribution in [2.24, 2.45) is 5.92 Å². The number of hydrogen-bond donors (Lipinski definition) is 1. The maximum atomic E-state index is 13.6. The Hall–Kier alpha value is -2.35. The summed E-state index contributed by atoms with van der Waals surface area (Å²) in [5.41, 5.74) is 5.86. The molecule has 1 N–H and O–H groups in total. The summed E-state index contributed by atoms with van der Waals surface area (Å²) in [5.74, 6) is 0.568. The number of hydrogen-bond acceptors (Lipinski definition) is 1. The maximum Gasteiger partial charge on any atom is 0.126 e. The molecule has 1 nitrogen and oxygen atoms in total. The molecule has 0 bridgehead atoms. The van der Waals surface area contributed by atoms with E-state index in [1.165, 1.54) is 11.6 Å². The van der Waals surface area contributed by atoms with E-state index < -0.39 is 0 Å². The minimum atomic E-state index is -0.178. The predicted molar refractivity (Wildman–Crippen MR) is 93.7 cm³/mol. The van der Waals surface area contributed by atoms with E-state index in [1.807, 2.05) is 31.2 Å². The van der Waals surface area contributed by atoms with Crippen LogP contribution in [0.1, 0.15) is 35.6 Å². The van der Waals surface area contributed by atoms with Gasteiger partial charge in [-0.2, -0.15) is 0 Å². The summed E-state index contributed by atoms with van der Waals surface area (Å²) in [6, 6.07) is 11.0. The number of phenolic OH excluding ortho intramolecular Hbond substituents is 1. The van der Waals surface area contributed by atoms with Crippen LogP contribution in [0.4, 0.5) is 4.39 Å². The second-order valence-corrected chi connectivity index (χ2v) is 6.40. The molecule has 1 aliphatic carbocycles. The van der Waals surface area contributed by atoms with Gasteiger partial charge in [0.15, 0.2) is 0 Å². The highest BCUT2D eigenvalue weighted by atomic mass is 19.1. The minimum Gasteiger partial charge on any atom is -0.508 e. The first kappa shape index (κ1) is 15.5. The maximum absolute atomic E-state index is 13.6. The molecule has 2 heteroatoms. The Labute approximate surface area is 136 Å². The van der Waals surface area contributed by atoms with Crippen molar-refractivity contribution in [2.75, 3.05) is 0 Å². The second kappa shape index (κ2) is 6.04. The molecule has 0 heterocycles. The normalized spacial score (nSPS) is 17.7. The van der Waals surface area contributed by atoms with Crippen LogP contribution in [0.25, 0.3) is 11.1 Å². The van der Waals surface area contributed by atoms with Gasteiger partial charge in [0.2, 0.25) is 0 Å². The SMILES string of the molecule is Cc1ccc(C2=C(c3ccc(F)c(C)c3)CC(C)C=C2)cc1O. The van der Waals surface area contributed by atoms with Crippen molar-refractivity contribution in [3.05, 3.63) is 76.6 Å². The summed E-state index contributed by atoms with van der Waals surface area (Å²) < 4.78 is 13.6. The number of allylic oxidation sites excluding steroid dienone is 4. The van der Waals surface area contributed by atoms with Crippen LogP contribution >= 0.6 is 0 Å². The lowest BCUT2D eigenvalue weighted by molar-refractivity contribution is 0.471. The first-order chi connectivity index (χ1) is 11.0. The van der Waals surface area contributed by atoms with Gasteiger partial charge in [0.25, 0.3) is 0 Å². The van der Waals surface area contributed by atoms with Gasteiger partial charge in [-0.1, -0.05) is 37.3 Å². The smallest absolute Gasteiger partial charge is 0.126 e. The number of rotatable bonds is 2. The molecule has 0 spiro atoms. The van der Waals surface area contributed by atoms with Crippen molar-refractivity contribution in [3.63, 3.8) is 0 Å². The van der Waals surface area contributed by atoms with Crippen molar-refractivity contribution in [1.82, 2.24) is 0 Å². The molecule has 1 unspecified atom stereocenters. The summed E-state index contributed by atoms with van der Waals surface area (Å²) in [5, 5.41) is 10.0. The molecule has 0 aliphatic heterocycles. The molecule has 2 aromatic carbocycles. The molecule has 0 saturated heterocycles. The Morgan fingerprint density at radius 3 is 2.43 bits per heavy atom. The number of halogens is 1. The molecule has 23 heavy (non-hydrogen) atoms. The number of benzene rings is 2. The summed E-state index contributed by atoms with van der Waals surface area (Å²) in [7, 11) is 0. The largest absolute Gasteiger partial charge is 0.508 e. The summed E-state index contributed by atoms with van der Waals surface area (Å²) in [6.45, 7) is 5.85. The zero-order chi connectivity index (χ0) is 16.6. The molecule has 1 aliphatic rings. The Morgan fingerprint density at radius 1 is 1.00 bits per heavy atom. The average Bonchev–Trinajstić information content (AvgIpc) is 2.53. The van der Waals surface area contributed by atoms with Crippen molar-refractivity contribution < 1.29 is 9.50 Å². The van der Waals surface area contributed by atoms with Gasteiger partial charge in [-0.15, -0.1) is 0 Å². The molecule has 1 atom stereocenters. The van der Waals surface area contributed by atoms with E-state index in [0.29, 0.717) is 17.2 Å². The number of aromatic hydroxyl groups is 1. The Morgan fingerprint density at radius 2 is 1.74 bits per heavy atom. The van der Waals surface area contributed by atoms with Crippen molar-refractivity contribution in [2.45, 2.75) is 27.2 Å². The van der Waals surface area contributed by atoms with E-state index in [9.17, 15) is 9.50 Å². The third-order valence-electron chi connectivity index (χ3n) is 4.47. The standard InChI is InChI=1S/C21H21FO/c1-13-4-8-18(17-6-5-14(2)21(23)12-17)19(10-13)16-7-9-20(22)15(3)11-16/h4-9,11-13,23H,10H2,1-3H3. The number of aryl methyl sites for hydroxylation is 2. The van der Waals surface area contributed by atoms with Gasteiger partial charge in [0.1, 0.15) is 11.6 Å². The van der Waals surface area contributed by atoms with Crippen LogP contribution in [0.15, 0.2) is 48.6 Å². The van der Waals surface area contributed by atoms with Crippen molar-refractivity contribution in [3.8, 4) is 5.75 Å². The van der Waals surface area contributed by atoms with E-state index in [4.69, 9.17) is 0 Å². The van der Waals surface area contributed by atoms with Crippen LogP contribution in [0.2, 0.25) is 0 Å². The lowest BCUT2D eigenvalue weighted by Crippen LogP contribution is -2.02. The summed E-state index contributed by atoms with van der Waals surface area (Å²) in [4.78, 5) is 0. The van der Waals surface area contributed by atoms with Crippen LogP contribution in [-0.4, -0.2) is 5.11 Å². The van der Waals surface area contributed by atoms with Gasteiger partial charge in [0.05, 0.1) is 0 Å². The second-order valence-electron chi connectivity index (χ2n) is 6.40. The lowest BCUT2D eigenvalue weighted by atomic mass is 9.83. The molecule has 3 rings (SSSR count). The highest BCUT2D eigenvalue weighted by Crippen LogP contribution is 2.38. The molecule has 0 fully saturated rings. The van der Waals surface area contributed by atoms with Gasteiger partial charge >= 0.3 is 0 Å². The van der Waals surface area contributed by atoms with E-state index >= 15 is 0 Å². The van der Waals surface area contributed by atoms with Gasteiger partial charge in [0, 0.05) is 0 Å². The topological polar surface area (TPSA) is 20.2 Å². The third kappa shape index (κ3) is 3.07. The first-order valence-corrected chi connectivity index (χ1v) is 7.93. The van der Waals surface area contributed by atoms with Crippen molar-refractivity contribution >= 4 is 11.1 Å². The Kier molecular flexibility index (Phi) is 4.08. The molecular formula is C21H21FO. The fourth-order valence-electron chi connectivity index (χ4n) is 3.01. The molecular weight excluding hydrogens is 287 g/mol. The van der Waals surface area contributed by atoms with Crippen LogP contribution in [0, 0.1) is 25.6 Å². The quantitative estimate of drug-likeness (QED) is 0.759. The van der Waals surface area contributed by atoms with Gasteiger partial charge in [-0.3, -0.25) is 0 Å². The van der Waals surface area contributed by atoms with Crippen LogP contribution < -0.4 is 0 Å². The third-order valence-corrected chi connectivity index (χ3v) is 4.47. The van der Waals surface area contributed by atoms with E-state index in [0.717, 1.165) is 28.7 Å². The zero-order valence-corrected chi connectivity index (χ0v) is 13.7. The lowest BCUT2D eigenvalue weighted by Gasteiger charge is -2.21. The summed E-state index contributed by atoms with van der Waals surface area (Å²) in [6.07, 6.45) is 5.21. The monoisotopic (exact) mass is 308 g/mol. The Balaban J connectivity index is 2.17. The van der Waals surface area contributed by atoms with Crippen LogP contribution in [-0.2, 0) is 0 Å². The van der Waals surface area contributed by atoms with E-state index in [2.05, 4.69) is 19.1 Å². The van der Waals surface area contributed by atoms with Crippen molar-refractivity contribution in [1.29, 1.82) is 0 Å². The molecule has 0 radical (unpaired) electrons. The van der Waals surface area contributed by atoms with Crippen LogP contribution in [0.5, 0.6) is 5.75 Å². The highest BCUT2D eigenvalue weighted by molar-refractivity contribution is 5.97. The summed E-state index contributed by atoms with van der Waals surface area (Å²) >= 11 is 0. The fraction of sp³-hybridized carbons (Fsp3) is 0.238. The van der Waals surface area contributed by atoms with Gasteiger partial charge in [-0.05, 0) is 77.8 Å². The number of phenols is 1. The van der Waals surface area contributed by atoms with E-state index in [1.54, 1.807) is 13.0 Å². The molecule has 118 valence electrons.